The molecule has 1 aliphatic heterocycles. The zero-order valence-electron chi connectivity index (χ0n) is 16.3. The van der Waals surface area contributed by atoms with Crippen LogP contribution in [0.2, 0.25) is 5.15 Å². The highest BCUT2D eigenvalue weighted by molar-refractivity contribution is 6.31. The first-order chi connectivity index (χ1) is 14.0. The van der Waals surface area contributed by atoms with Crippen LogP contribution in [0.25, 0.3) is 11.7 Å². The van der Waals surface area contributed by atoms with Gasteiger partial charge < -0.3 is 14.8 Å². The van der Waals surface area contributed by atoms with Crippen LogP contribution in [-0.2, 0) is 4.79 Å². The summed E-state index contributed by atoms with van der Waals surface area (Å²) in [7, 11) is 0. The second-order valence-corrected chi connectivity index (χ2v) is 7.54. The van der Waals surface area contributed by atoms with Crippen LogP contribution in [0.15, 0.2) is 48.7 Å². The topological polar surface area (TPSA) is 64.9 Å². The summed E-state index contributed by atoms with van der Waals surface area (Å²) in [6, 6.07) is 11.3. The zero-order chi connectivity index (χ0) is 20.4. The normalized spacial score (nSPS) is 14.5. The Morgan fingerprint density at radius 3 is 2.79 bits per heavy atom. The van der Waals surface area contributed by atoms with Crippen molar-refractivity contribution in [1.82, 2.24) is 14.7 Å². The van der Waals surface area contributed by atoms with E-state index in [0.717, 1.165) is 17.0 Å². The Balaban J connectivity index is 1.53. The van der Waals surface area contributed by atoms with Gasteiger partial charge in [0.15, 0.2) is 16.7 Å². The van der Waals surface area contributed by atoms with Crippen LogP contribution in [0.5, 0.6) is 11.5 Å². The molecule has 150 valence electrons. The third-order valence-electron chi connectivity index (χ3n) is 4.80. The fourth-order valence-corrected chi connectivity index (χ4v) is 3.62. The Hall–Kier alpha value is -2.99. The van der Waals surface area contributed by atoms with Crippen molar-refractivity contribution in [2.24, 2.45) is 5.92 Å². The fraction of sp³-hybridized carbons (Fsp3) is 0.273. The lowest BCUT2D eigenvalue weighted by Crippen LogP contribution is -2.30. The van der Waals surface area contributed by atoms with E-state index in [1.165, 1.54) is 6.08 Å². The molecular formula is C22H22ClN3O3. The van der Waals surface area contributed by atoms with Crippen LogP contribution in [0.1, 0.15) is 31.1 Å². The van der Waals surface area contributed by atoms with Gasteiger partial charge in [0, 0.05) is 12.3 Å². The minimum Gasteiger partial charge on any atom is -0.486 e. The van der Waals surface area contributed by atoms with E-state index < -0.39 is 0 Å². The standard InChI is InChI=1S/C22H22ClN3O3/c1-14(2)21(15-6-8-17-18(13-15)29-12-11-28-17)25-20(27)9-7-16-22(23)24-19-5-3-4-10-26(16)19/h3-10,13-14,21H,11-12H2,1-2H3,(H,25,27)/b9-7+/t21-/m1/s1. The average molecular weight is 412 g/mol. The first-order valence-corrected chi connectivity index (χ1v) is 9.91. The maximum Gasteiger partial charge on any atom is 0.244 e. The van der Waals surface area contributed by atoms with Crippen LogP contribution in [0.3, 0.4) is 0 Å². The van der Waals surface area contributed by atoms with Crippen molar-refractivity contribution >= 4 is 29.2 Å². The number of fused-ring (bicyclic) bond motifs is 2. The van der Waals surface area contributed by atoms with Crippen LogP contribution >= 0.6 is 11.6 Å². The summed E-state index contributed by atoms with van der Waals surface area (Å²) in [5.41, 5.74) is 2.37. The van der Waals surface area contributed by atoms with Gasteiger partial charge in [0.2, 0.25) is 5.91 Å². The maximum atomic E-state index is 12.6. The lowest BCUT2D eigenvalue weighted by molar-refractivity contribution is -0.117. The number of imidazole rings is 1. The molecule has 6 nitrogen and oxygen atoms in total. The van der Waals surface area contributed by atoms with E-state index in [9.17, 15) is 4.79 Å². The van der Waals surface area contributed by atoms with E-state index >= 15 is 0 Å². The van der Waals surface area contributed by atoms with Gasteiger partial charge in [-0.3, -0.25) is 9.20 Å². The highest BCUT2D eigenvalue weighted by Crippen LogP contribution is 2.34. The average Bonchev–Trinajstić information content (AvgIpc) is 3.05. The second-order valence-electron chi connectivity index (χ2n) is 7.18. The summed E-state index contributed by atoms with van der Waals surface area (Å²) in [6.07, 6.45) is 5.02. The summed E-state index contributed by atoms with van der Waals surface area (Å²) in [5, 5.41) is 3.43. The molecule has 7 heteroatoms. The van der Waals surface area contributed by atoms with Crippen LogP contribution in [0, 0.1) is 5.92 Å². The summed E-state index contributed by atoms with van der Waals surface area (Å²) in [6.45, 7) is 5.20. The van der Waals surface area contributed by atoms with Crippen molar-refractivity contribution in [3.8, 4) is 11.5 Å². The van der Waals surface area contributed by atoms with E-state index in [4.69, 9.17) is 21.1 Å². The number of carbonyl (C=O) groups is 1. The molecular weight excluding hydrogens is 390 g/mol. The number of hydrogen-bond donors (Lipinski definition) is 1. The molecule has 0 spiro atoms. The van der Waals surface area contributed by atoms with Gasteiger partial charge in [0.1, 0.15) is 18.9 Å². The number of benzene rings is 1. The highest BCUT2D eigenvalue weighted by atomic mass is 35.5. The van der Waals surface area contributed by atoms with Gasteiger partial charge in [-0.05, 0) is 41.8 Å². The third kappa shape index (κ3) is 4.07. The molecule has 29 heavy (non-hydrogen) atoms. The molecule has 0 saturated carbocycles. The molecule has 1 N–H and O–H groups in total. The smallest absolute Gasteiger partial charge is 0.244 e. The SMILES string of the molecule is CC(C)[C@@H](NC(=O)/C=C/c1c(Cl)nc2ccccn12)c1ccc2c(c1)OCCO2. The van der Waals surface area contributed by atoms with Crippen molar-refractivity contribution < 1.29 is 14.3 Å². The predicted octanol–water partition coefficient (Wildman–Crippen LogP) is 4.29. The molecule has 3 heterocycles. The van der Waals surface area contributed by atoms with E-state index in [1.807, 2.05) is 47.0 Å². The summed E-state index contributed by atoms with van der Waals surface area (Å²) in [4.78, 5) is 16.9. The molecule has 0 saturated heterocycles. The summed E-state index contributed by atoms with van der Waals surface area (Å²) >= 11 is 6.23. The number of hydrogen-bond acceptors (Lipinski definition) is 4. The first kappa shape index (κ1) is 19.3. The quantitative estimate of drug-likeness (QED) is 0.636. The van der Waals surface area contributed by atoms with Crippen LogP contribution in [0.4, 0.5) is 0 Å². The van der Waals surface area contributed by atoms with E-state index in [2.05, 4.69) is 24.1 Å². The van der Waals surface area contributed by atoms with Crippen molar-refractivity contribution in [3.05, 3.63) is 65.1 Å². The Kier molecular flexibility index (Phi) is 5.45. The number of amides is 1. The number of nitrogens with one attached hydrogen (secondary N) is 1. The van der Waals surface area contributed by atoms with Crippen molar-refractivity contribution in [1.29, 1.82) is 0 Å². The fourth-order valence-electron chi connectivity index (χ4n) is 3.38. The first-order valence-electron chi connectivity index (χ1n) is 9.53. The maximum absolute atomic E-state index is 12.6. The predicted molar refractivity (Wildman–Crippen MR) is 112 cm³/mol. The lowest BCUT2D eigenvalue weighted by atomic mass is 9.95. The summed E-state index contributed by atoms with van der Waals surface area (Å²) in [5.74, 6) is 1.42. The third-order valence-corrected chi connectivity index (χ3v) is 5.08. The molecule has 1 amide bonds. The van der Waals surface area contributed by atoms with E-state index in [-0.39, 0.29) is 17.9 Å². The second kappa shape index (κ2) is 8.17. The Morgan fingerprint density at radius 2 is 2.00 bits per heavy atom. The lowest BCUT2D eigenvalue weighted by Gasteiger charge is -2.25. The number of rotatable bonds is 5. The number of nitrogens with zero attached hydrogens (tertiary/aromatic N) is 2. The number of halogens is 1. The van der Waals surface area contributed by atoms with Gasteiger partial charge in [-0.2, -0.15) is 0 Å². The van der Waals surface area contributed by atoms with Gasteiger partial charge in [-0.25, -0.2) is 4.98 Å². The van der Waals surface area contributed by atoms with Gasteiger partial charge in [-0.1, -0.05) is 37.6 Å². The van der Waals surface area contributed by atoms with Gasteiger partial charge in [-0.15, -0.1) is 0 Å². The van der Waals surface area contributed by atoms with Crippen LogP contribution < -0.4 is 14.8 Å². The molecule has 4 rings (SSSR count). The molecule has 0 fully saturated rings. The molecule has 1 atom stereocenters. The van der Waals surface area contributed by atoms with E-state index in [0.29, 0.717) is 29.8 Å². The number of ether oxygens (including phenoxy) is 2. The monoisotopic (exact) mass is 411 g/mol. The molecule has 0 unspecified atom stereocenters. The van der Waals surface area contributed by atoms with Crippen molar-refractivity contribution in [3.63, 3.8) is 0 Å². The largest absolute Gasteiger partial charge is 0.486 e. The Labute approximate surface area is 174 Å². The van der Waals surface area contributed by atoms with Crippen molar-refractivity contribution in [2.75, 3.05) is 13.2 Å². The minimum absolute atomic E-state index is 0.166. The Morgan fingerprint density at radius 1 is 1.21 bits per heavy atom. The molecule has 0 radical (unpaired) electrons. The molecule has 1 aliphatic rings. The molecule has 0 bridgehead atoms. The van der Waals surface area contributed by atoms with Crippen LogP contribution in [-0.4, -0.2) is 28.5 Å². The number of carbonyl (C=O) groups excluding carboxylic acids is 1. The Bertz CT molecular complexity index is 1070. The minimum atomic E-state index is -0.208. The van der Waals surface area contributed by atoms with Crippen molar-refractivity contribution in [2.45, 2.75) is 19.9 Å². The highest BCUT2D eigenvalue weighted by Gasteiger charge is 2.21. The molecule has 2 aromatic heterocycles. The van der Waals surface area contributed by atoms with Gasteiger partial charge in [0.25, 0.3) is 0 Å². The summed E-state index contributed by atoms with van der Waals surface area (Å²) < 4.78 is 13.1. The molecule has 1 aromatic carbocycles. The van der Waals surface area contributed by atoms with Gasteiger partial charge in [0.05, 0.1) is 11.7 Å². The van der Waals surface area contributed by atoms with Gasteiger partial charge >= 0.3 is 0 Å². The zero-order valence-corrected chi connectivity index (χ0v) is 17.0. The molecule has 0 aliphatic carbocycles. The number of pyridine rings is 1. The number of aromatic nitrogens is 2. The molecule has 3 aromatic rings. The van der Waals surface area contributed by atoms with E-state index in [1.54, 1.807) is 6.08 Å².